The summed E-state index contributed by atoms with van der Waals surface area (Å²) in [6, 6.07) is 8.29. The highest BCUT2D eigenvalue weighted by Gasteiger charge is 2.31. The fraction of sp³-hybridized carbons (Fsp3) is 0.667. The van der Waals surface area contributed by atoms with Gasteiger partial charge in [-0.3, -0.25) is 4.90 Å². The van der Waals surface area contributed by atoms with Crippen LogP contribution in [-0.2, 0) is 6.54 Å². The van der Waals surface area contributed by atoms with Crippen molar-refractivity contribution in [2.24, 2.45) is 11.3 Å². The Kier molecular flexibility index (Phi) is 5.65. The minimum Gasteiger partial charge on any atom is -0.492 e. The Morgan fingerprint density at radius 2 is 2.05 bits per heavy atom. The van der Waals surface area contributed by atoms with Crippen molar-refractivity contribution < 1.29 is 4.74 Å². The van der Waals surface area contributed by atoms with Crippen molar-refractivity contribution >= 4 is 0 Å². The van der Waals surface area contributed by atoms with Gasteiger partial charge in [-0.1, -0.05) is 39.0 Å². The highest BCUT2D eigenvalue weighted by molar-refractivity contribution is 5.33. The molecule has 1 N–H and O–H groups in total. The molecule has 1 aliphatic rings. The van der Waals surface area contributed by atoms with Crippen molar-refractivity contribution in [3.63, 3.8) is 0 Å². The van der Waals surface area contributed by atoms with Gasteiger partial charge in [-0.05, 0) is 37.4 Å². The lowest BCUT2D eigenvalue weighted by Crippen LogP contribution is -2.29. The van der Waals surface area contributed by atoms with Gasteiger partial charge in [0, 0.05) is 25.2 Å². The molecule has 21 heavy (non-hydrogen) atoms. The molecule has 1 aromatic carbocycles. The topological polar surface area (TPSA) is 24.5 Å². The molecule has 1 fully saturated rings. The molecular formula is C18H30N2O. The van der Waals surface area contributed by atoms with Gasteiger partial charge in [0.05, 0.1) is 0 Å². The van der Waals surface area contributed by atoms with E-state index in [0.29, 0.717) is 5.41 Å². The summed E-state index contributed by atoms with van der Waals surface area (Å²) in [4.78, 5) is 2.54. The second kappa shape index (κ2) is 7.28. The fourth-order valence-corrected chi connectivity index (χ4v) is 3.01. The Morgan fingerprint density at radius 1 is 1.29 bits per heavy atom. The van der Waals surface area contributed by atoms with Crippen LogP contribution < -0.4 is 10.1 Å². The fourth-order valence-electron chi connectivity index (χ4n) is 3.01. The normalized spacial score (nSPS) is 19.9. The first-order valence-electron chi connectivity index (χ1n) is 8.08. The number of likely N-dealkylation sites (tertiary alicyclic amines) is 1. The summed E-state index contributed by atoms with van der Waals surface area (Å²) in [6.07, 6.45) is 1.32. The average Bonchev–Trinajstić information content (AvgIpc) is 2.90. The molecule has 0 aromatic heterocycles. The molecule has 3 heteroatoms. The van der Waals surface area contributed by atoms with E-state index in [1.54, 1.807) is 0 Å². The van der Waals surface area contributed by atoms with Gasteiger partial charge in [0.25, 0.3) is 0 Å². The molecule has 0 saturated carbocycles. The number of ether oxygens (including phenoxy) is 1. The molecule has 2 rings (SSSR count). The number of hydrogen-bond donors (Lipinski definition) is 1. The van der Waals surface area contributed by atoms with Gasteiger partial charge in [0.2, 0.25) is 0 Å². The van der Waals surface area contributed by atoms with E-state index in [9.17, 15) is 0 Å². The highest BCUT2D eigenvalue weighted by atomic mass is 16.5. The molecule has 0 spiro atoms. The maximum absolute atomic E-state index is 5.99. The van der Waals surface area contributed by atoms with E-state index >= 15 is 0 Å². The molecule has 118 valence electrons. The van der Waals surface area contributed by atoms with E-state index in [1.165, 1.54) is 25.1 Å². The van der Waals surface area contributed by atoms with Crippen LogP contribution in [0.2, 0.25) is 0 Å². The van der Waals surface area contributed by atoms with Gasteiger partial charge in [0.15, 0.2) is 0 Å². The third kappa shape index (κ3) is 4.72. The van der Waals surface area contributed by atoms with E-state index < -0.39 is 0 Å². The average molecular weight is 290 g/mol. The van der Waals surface area contributed by atoms with Gasteiger partial charge >= 0.3 is 0 Å². The summed E-state index contributed by atoms with van der Waals surface area (Å²) < 4.78 is 5.99. The number of benzene rings is 1. The lowest BCUT2D eigenvalue weighted by Gasteiger charge is -2.27. The monoisotopic (exact) mass is 290 g/mol. The maximum Gasteiger partial charge on any atom is 0.123 e. The zero-order valence-electron chi connectivity index (χ0n) is 14.0. The van der Waals surface area contributed by atoms with Crippen molar-refractivity contribution in [1.82, 2.24) is 10.2 Å². The molecule has 1 unspecified atom stereocenters. The van der Waals surface area contributed by atoms with Crippen LogP contribution in [0.15, 0.2) is 24.3 Å². The van der Waals surface area contributed by atoms with Crippen LogP contribution in [0.1, 0.15) is 32.8 Å². The number of rotatable bonds is 6. The number of hydrogen-bond acceptors (Lipinski definition) is 3. The van der Waals surface area contributed by atoms with Crippen molar-refractivity contribution in [2.75, 3.05) is 33.3 Å². The Morgan fingerprint density at radius 3 is 2.71 bits per heavy atom. The third-order valence-corrected chi connectivity index (χ3v) is 4.50. The van der Waals surface area contributed by atoms with Crippen molar-refractivity contribution in [1.29, 1.82) is 0 Å². The minimum absolute atomic E-state index is 0.426. The number of para-hydroxylation sites is 1. The molecular weight excluding hydrogens is 260 g/mol. The molecule has 1 aromatic rings. The van der Waals surface area contributed by atoms with E-state index in [2.05, 4.69) is 49.2 Å². The second-order valence-electron chi connectivity index (χ2n) is 7.14. The van der Waals surface area contributed by atoms with E-state index in [0.717, 1.165) is 31.4 Å². The van der Waals surface area contributed by atoms with Crippen LogP contribution in [0, 0.1) is 11.3 Å². The summed E-state index contributed by atoms with van der Waals surface area (Å²) in [5, 5.41) is 3.19. The lowest BCUT2D eigenvalue weighted by atomic mass is 9.80. The minimum atomic E-state index is 0.426. The maximum atomic E-state index is 5.99. The number of nitrogens with zero attached hydrogens (tertiary/aromatic N) is 1. The van der Waals surface area contributed by atoms with Crippen LogP contribution in [0.3, 0.4) is 0 Å². The van der Waals surface area contributed by atoms with Crippen LogP contribution in [0.25, 0.3) is 0 Å². The van der Waals surface area contributed by atoms with Gasteiger partial charge in [-0.25, -0.2) is 0 Å². The Balaban J connectivity index is 1.78. The van der Waals surface area contributed by atoms with Crippen LogP contribution in [0.4, 0.5) is 0 Å². The molecule has 0 amide bonds. The largest absolute Gasteiger partial charge is 0.492 e. The molecule has 1 aliphatic heterocycles. The van der Waals surface area contributed by atoms with E-state index in [1.807, 2.05) is 13.1 Å². The first kappa shape index (κ1) is 16.3. The van der Waals surface area contributed by atoms with Crippen LogP contribution in [-0.4, -0.2) is 38.2 Å². The predicted octanol–water partition coefficient (Wildman–Crippen LogP) is 3.15. The summed E-state index contributed by atoms with van der Waals surface area (Å²) in [7, 11) is 1.97. The molecule has 1 heterocycles. The Labute approximate surface area is 129 Å². The second-order valence-corrected chi connectivity index (χ2v) is 7.14. The van der Waals surface area contributed by atoms with Crippen molar-refractivity contribution in [2.45, 2.75) is 33.7 Å². The molecule has 0 aliphatic carbocycles. The summed E-state index contributed by atoms with van der Waals surface area (Å²) >= 11 is 0. The summed E-state index contributed by atoms with van der Waals surface area (Å²) in [5.41, 5.74) is 1.66. The van der Waals surface area contributed by atoms with Crippen molar-refractivity contribution in [3.05, 3.63) is 29.8 Å². The summed E-state index contributed by atoms with van der Waals surface area (Å²) in [5.74, 6) is 1.83. The molecule has 1 saturated heterocycles. The molecule has 0 radical (unpaired) electrons. The molecule has 1 atom stereocenters. The number of nitrogens with one attached hydrogen (secondary N) is 1. The third-order valence-electron chi connectivity index (χ3n) is 4.50. The lowest BCUT2D eigenvalue weighted by molar-refractivity contribution is 0.202. The van der Waals surface area contributed by atoms with Gasteiger partial charge in [0.1, 0.15) is 12.4 Å². The van der Waals surface area contributed by atoms with Gasteiger partial charge < -0.3 is 10.1 Å². The standard InChI is InChI=1S/C18H30N2O/c1-18(2,3)16-9-10-20(14-16)11-12-21-17-8-6-5-7-15(17)13-19-4/h5-8,16,19H,9-14H2,1-4H3. The predicted molar refractivity (Wildman–Crippen MR) is 88.7 cm³/mol. The van der Waals surface area contributed by atoms with Gasteiger partial charge in [-0.2, -0.15) is 0 Å². The van der Waals surface area contributed by atoms with E-state index in [4.69, 9.17) is 4.74 Å². The zero-order chi connectivity index (χ0) is 15.3. The molecule has 0 bridgehead atoms. The highest BCUT2D eigenvalue weighted by Crippen LogP contribution is 2.33. The van der Waals surface area contributed by atoms with Gasteiger partial charge in [-0.15, -0.1) is 0 Å². The first-order valence-corrected chi connectivity index (χ1v) is 8.08. The smallest absolute Gasteiger partial charge is 0.123 e. The van der Waals surface area contributed by atoms with E-state index in [-0.39, 0.29) is 0 Å². The Hall–Kier alpha value is -1.06. The SMILES string of the molecule is CNCc1ccccc1OCCN1CCC(C(C)(C)C)C1. The van der Waals surface area contributed by atoms with Crippen molar-refractivity contribution in [3.8, 4) is 5.75 Å². The van der Waals surface area contributed by atoms with Crippen LogP contribution in [0.5, 0.6) is 5.75 Å². The zero-order valence-corrected chi connectivity index (χ0v) is 14.0. The summed E-state index contributed by atoms with van der Waals surface area (Å²) in [6.45, 7) is 12.1. The quantitative estimate of drug-likeness (QED) is 0.871. The molecule has 3 nitrogen and oxygen atoms in total. The first-order chi connectivity index (χ1) is 10.0. The Bertz CT molecular complexity index is 439. The van der Waals surface area contributed by atoms with Crippen LogP contribution >= 0.6 is 0 Å².